The monoisotopic (exact) mass is 459 g/mol. The van der Waals surface area contributed by atoms with Crippen LogP contribution in [0.1, 0.15) is 29.2 Å². The van der Waals surface area contributed by atoms with Gasteiger partial charge in [-0.15, -0.1) is 16.4 Å². The maximum absolute atomic E-state index is 12.9. The number of amides is 1. The van der Waals surface area contributed by atoms with E-state index in [1.807, 2.05) is 0 Å². The van der Waals surface area contributed by atoms with Crippen molar-refractivity contribution in [2.45, 2.75) is 25.6 Å². The highest BCUT2D eigenvalue weighted by molar-refractivity contribution is 7.13. The summed E-state index contributed by atoms with van der Waals surface area (Å²) in [5, 5.41) is 7.58. The molecule has 0 radical (unpaired) electrons. The highest BCUT2D eigenvalue weighted by atomic mass is 32.1. The van der Waals surface area contributed by atoms with Crippen LogP contribution >= 0.6 is 11.3 Å². The van der Waals surface area contributed by atoms with Crippen LogP contribution in [0.2, 0.25) is 0 Å². The van der Waals surface area contributed by atoms with E-state index < -0.39 is 24.4 Å². The molecule has 1 aliphatic rings. The molecule has 0 aliphatic heterocycles. The largest absolute Gasteiger partial charge is 0.435 e. The van der Waals surface area contributed by atoms with Crippen LogP contribution in [0.25, 0.3) is 16.5 Å². The summed E-state index contributed by atoms with van der Waals surface area (Å²) in [5.41, 5.74) is -0.804. The standard InChI is InChI=1S/C18H14F5N5O2S/c19-17(20)30-11-5-3-10(4-6-11)28-14(15(29)24-7-9-1-2-9)26-13(27-28)16-25-12(8-31-16)18(21,22)23/h3-6,8-9,17H,1-2,7H2,(H,24,29). The summed E-state index contributed by atoms with van der Waals surface area (Å²) in [6.45, 7) is -2.56. The molecule has 2 aromatic heterocycles. The third-order valence-electron chi connectivity index (χ3n) is 4.35. The zero-order valence-electron chi connectivity index (χ0n) is 15.6. The molecule has 1 aromatic carbocycles. The van der Waals surface area contributed by atoms with Crippen molar-refractivity contribution >= 4 is 17.2 Å². The molecule has 1 N–H and O–H groups in total. The van der Waals surface area contributed by atoms with E-state index in [2.05, 4.69) is 25.1 Å². The normalized spacial score (nSPS) is 14.1. The van der Waals surface area contributed by atoms with Crippen LogP contribution in [0.15, 0.2) is 29.6 Å². The van der Waals surface area contributed by atoms with E-state index in [-0.39, 0.29) is 28.1 Å². The predicted octanol–water partition coefficient (Wildman–Crippen LogP) is 4.15. The van der Waals surface area contributed by atoms with E-state index in [1.165, 1.54) is 24.3 Å². The van der Waals surface area contributed by atoms with Crippen LogP contribution in [0, 0.1) is 5.92 Å². The molecule has 0 bridgehead atoms. The molecule has 7 nitrogen and oxygen atoms in total. The molecule has 2 heterocycles. The molecule has 1 saturated carbocycles. The van der Waals surface area contributed by atoms with Gasteiger partial charge in [0.1, 0.15) is 5.75 Å². The van der Waals surface area contributed by atoms with E-state index in [0.717, 1.165) is 22.9 Å². The molecule has 31 heavy (non-hydrogen) atoms. The fourth-order valence-corrected chi connectivity index (χ4v) is 3.40. The third-order valence-corrected chi connectivity index (χ3v) is 5.19. The van der Waals surface area contributed by atoms with Crippen molar-refractivity contribution in [1.82, 2.24) is 25.1 Å². The Morgan fingerprint density at radius 1 is 1.23 bits per heavy atom. The second-order valence-electron chi connectivity index (χ2n) is 6.73. The molecular formula is C18H14F5N5O2S. The van der Waals surface area contributed by atoms with Gasteiger partial charge < -0.3 is 10.1 Å². The number of carbonyl (C=O) groups is 1. The number of alkyl halides is 5. The SMILES string of the molecule is O=C(NCC1CC1)c1nc(-c2nc(C(F)(F)F)cs2)nn1-c1ccc(OC(F)F)cc1. The molecule has 1 amide bonds. The number of thiazole rings is 1. The Morgan fingerprint density at radius 3 is 2.52 bits per heavy atom. The first-order chi connectivity index (χ1) is 14.7. The van der Waals surface area contributed by atoms with Crippen molar-refractivity contribution in [3.8, 4) is 22.3 Å². The third kappa shape index (κ3) is 4.98. The molecule has 0 unspecified atom stereocenters. The summed E-state index contributed by atoms with van der Waals surface area (Å²) in [5.74, 6) is -0.606. The van der Waals surface area contributed by atoms with Gasteiger partial charge in [-0.05, 0) is 43.0 Å². The lowest BCUT2D eigenvalue weighted by molar-refractivity contribution is -0.140. The Bertz CT molecular complexity index is 1080. The second kappa shape index (κ2) is 8.21. The molecule has 1 fully saturated rings. The summed E-state index contributed by atoms with van der Waals surface area (Å²) >= 11 is 0.691. The Kier molecular flexibility index (Phi) is 5.60. The zero-order valence-corrected chi connectivity index (χ0v) is 16.4. The topological polar surface area (TPSA) is 81.9 Å². The first-order valence-electron chi connectivity index (χ1n) is 9.04. The van der Waals surface area contributed by atoms with Crippen molar-refractivity contribution in [3.63, 3.8) is 0 Å². The van der Waals surface area contributed by atoms with Gasteiger partial charge in [0.2, 0.25) is 11.6 Å². The van der Waals surface area contributed by atoms with Crippen LogP contribution < -0.4 is 10.1 Å². The lowest BCUT2D eigenvalue weighted by atomic mass is 10.3. The molecule has 3 aromatic rings. The molecular weight excluding hydrogens is 445 g/mol. The minimum Gasteiger partial charge on any atom is -0.435 e. The highest BCUT2D eigenvalue weighted by Crippen LogP contribution is 2.33. The average molecular weight is 459 g/mol. The molecule has 0 atom stereocenters. The van der Waals surface area contributed by atoms with Gasteiger partial charge >= 0.3 is 12.8 Å². The predicted molar refractivity (Wildman–Crippen MR) is 99.2 cm³/mol. The average Bonchev–Trinajstić information content (AvgIpc) is 3.21. The highest BCUT2D eigenvalue weighted by Gasteiger charge is 2.34. The van der Waals surface area contributed by atoms with E-state index in [4.69, 9.17) is 0 Å². The molecule has 0 spiro atoms. The van der Waals surface area contributed by atoms with Gasteiger partial charge in [-0.25, -0.2) is 9.67 Å². The first-order valence-corrected chi connectivity index (χ1v) is 9.92. The molecule has 164 valence electrons. The zero-order chi connectivity index (χ0) is 22.2. The van der Waals surface area contributed by atoms with E-state index in [0.29, 0.717) is 23.8 Å². The first kappa shape index (κ1) is 21.2. The quantitative estimate of drug-likeness (QED) is 0.537. The Balaban J connectivity index is 1.68. The van der Waals surface area contributed by atoms with Crippen LogP contribution in [0.4, 0.5) is 22.0 Å². The number of aromatic nitrogens is 4. The Labute approximate surface area is 175 Å². The summed E-state index contributed by atoms with van der Waals surface area (Å²) in [6.07, 6.45) is -2.62. The van der Waals surface area contributed by atoms with Crippen LogP contribution in [-0.2, 0) is 6.18 Å². The summed E-state index contributed by atoms with van der Waals surface area (Å²) in [6, 6.07) is 5.24. The van der Waals surface area contributed by atoms with E-state index in [1.54, 1.807) is 0 Å². The summed E-state index contributed by atoms with van der Waals surface area (Å²) in [4.78, 5) is 20.2. The maximum Gasteiger partial charge on any atom is 0.434 e. The summed E-state index contributed by atoms with van der Waals surface area (Å²) in [7, 11) is 0. The van der Waals surface area contributed by atoms with Crippen molar-refractivity contribution in [3.05, 3.63) is 41.2 Å². The number of hydrogen-bond donors (Lipinski definition) is 1. The second-order valence-corrected chi connectivity index (χ2v) is 7.59. The fraction of sp³-hybridized carbons (Fsp3) is 0.333. The molecule has 0 saturated heterocycles. The van der Waals surface area contributed by atoms with Crippen molar-refractivity contribution < 1.29 is 31.5 Å². The van der Waals surface area contributed by atoms with E-state index in [9.17, 15) is 26.7 Å². The number of ether oxygens (including phenoxy) is 1. The minimum absolute atomic E-state index is 0.103. The fourth-order valence-electron chi connectivity index (χ4n) is 2.64. The maximum atomic E-state index is 12.9. The summed E-state index contributed by atoms with van der Waals surface area (Å²) < 4.78 is 68.7. The number of carbonyl (C=O) groups excluding carboxylic acids is 1. The van der Waals surface area contributed by atoms with Crippen LogP contribution in [0.3, 0.4) is 0 Å². The Morgan fingerprint density at radius 2 is 1.94 bits per heavy atom. The number of hydrogen-bond acceptors (Lipinski definition) is 6. The molecule has 13 heteroatoms. The lowest BCUT2D eigenvalue weighted by Gasteiger charge is -2.08. The van der Waals surface area contributed by atoms with Crippen LogP contribution in [-0.4, -0.2) is 38.8 Å². The number of nitrogens with zero attached hydrogens (tertiary/aromatic N) is 4. The molecule has 4 rings (SSSR count). The minimum atomic E-state index is -4.62. The number of benzene rings is 1. The van der Waals surface area contributed by atoms with Gasteiger partial charge in [0.05, 0.1) is 5.69 Å². The van der Waals surface area contributed by atoms with Crippen molar-refractivity contribution in [2.24, 2.45) is 5.92 Å². The number of rotatable bonds is 7. The lowest BCUT2D eigenvalue weighted by Crippen LogP contribution is -2.28. The van der Waals surface area contributed by atoms with Gasteiger partial charge in [-0.3, -0.25) is 4.79 Å². The van der Waals surface area contributed by atoms with Gasteiger partial charge in [0.15, 0.2) is 10.7 Å². The molecule has 1 aliphatic carbocycles. The van der Waals surface area contributed by atoms with Crippen molar-refractivity contribution in [2.75, 3.05) is 6.54 Å². The Hall–Kier alpha value is -3.09. The van der Waals surface area contributed by atoms with Crippen LogP contribution in [0.5, 0.6) is 5.75 Å². The smallest absolute Gasteiger partial charge is 0.434 e. The number of halogens is 5. The van der Waals surface area contributed by atoms with E-state index >= 15 is 0 Å². The van der Waals surface area contributed by atoms with Gasteiger partial charge in [-0.1, -0.05) is 0 Å². The van der Waals surface area contributed by atoms with Gasteiger partial charge in [-0.2, -0.15) is 26.9 Å². The van der Waals surface area contributed by atoms with Gasteiger partial charge in [0, 0.05) is 11.9 Å². The number of nitrogens with one attached hydrogen (secondary N) is 1. The van der Waals surface area contributed by atoms with Gasteiger partial charge in [0.25, 0.3) is 5.91 Å². The van der Waals surface area contributed by atoms with Crippen molar-refractivity contribution in [1.29, 1.82) is 0 Å².